The lowest BCUT2D eigenvalue weighted by Crippen LogP contribution is -2.46. The van der Waals surface area contributed by atoms with E-state index in [4.69, 9.17) is 9.47 Å². The molecule has 1 unspecified atom stereocenters. The topological polar surface area (TPSA) is 55.8 Å². The summed E-state index contributed by atoms with van der Waals surface area (Å²) in [5.74, 6) is 1.44. The van der Waals surface area contributed by atoms with Gasteiger partial charge in [0.2, 0.25) is 0 Å². The number of methoxy groups -OCH3 is 1. The van der Waals surface area contributed by atoms with Crippen LogP contribution in [0.15, 0.2) is 24.3 Å². The molecule has 116 valence electrons. The molecule has 0 fully saturated rings. The van der Waals surface area contributed by atoms with Crippen LogP contribution in [0.2, 0.25) is 0 Å². The summed E-state index contributed by atoms with van der Waals surface area (Å²) in [6.45, 7) is 4.46. The minimum absolute atomic E-state index is 0.420. The van der Waals surface area contributed by atoms with E-state index in [0.29, 0.717) is 18.9 Å². The molecule has 0 saturated carbocycles. The molecule has 0 aliphatic rings. The Balaban J connectivity index is 2.54. The van der Waals surface area contributed by atoms with E-state index in [9.17, 15) is 9.59 Å². The molecule has 0 saturated heterocycles. The Morgan fingerprint density at radius 1 is 1.29 bits per heavy atom. The number of hydrogen-bond acceptors (Lipinski definition) is 5. The van der Waals surface area contributed by atoms with Crippen molar-refractivity contribution < 1.29 is 19.1 Å². The van der Waals surface area contributed by atoms with Crippen LogP contribution in [0.4, 0.5) is 0 Å². The second kappa shape index (κ2) is 7.78. The fraction of sp³-hybridized carbons (Fsp3) is 0.500. The summed E-state index contributed by atoms with van der Waals surface area (Å²) in [5, 5.41) is 0. The molecule has 1 atom stereocenters. The van der Waals surface area contributed by atoms with Gasteiger partial charge in [-0.2, -0.15) is 0 Å². The van der Waals surface area contributed by atoms with Gasteiger partial charge >= 0.3 is 0 Å². The van der Waals surface area contributed by atoms with Gasteiger partial charge in [0.25, 0.3) is 0 Å². The minimum Gasteiger partial charge on any atom is -0.497 e. The molecule has 0 bridgehead atoms. The SMILES string of the molecule is COc1cccc(OCCN(C)C(C=O)C(C)(C)C=O)c1. The fourth-order valence-electron chi connectivity index (χ4n) is 2.05. The highest BCUT2D eigenvalue weighted by Gasteiger charge is 2.31. The van der Waals surface area contributed by atoms with Crippen molar-refractivity contribution in [3.8, 4) is 11.5 Å². The number of nitrogens with zero attached hydrogens (tertiary/aromatic N) is 1. The zero-order valence-corrected chi connectivity index (χ0v) is 13.0. The van der Waals surface area contributed by atoms with Gasteiger partial charge in [0.05, 0.1) is 13.2 Å². The molecule has 1 aromatic rings. The molecular weight excluding hydrogens is 270 g/mol. The first-order chi connectivity index (χ1) is 9.94. The third-order valence-electron chi connectivity index (χ3n) is 3.42. The van der Waals surface area contributed by atoms with Crippen LogP contribution >= 0.6 is 0 Å². The molecule has 5 heteroatoms. The van der Waals surface area contributed by atoms with Gasteiger partial charge in [0.1, 0.15) is 30.7 Å². The van der Waals surface area contributed by atoms with Crippen molar-refractivity contribution in [2.24, 2.45) is 5.41 Å². The Bertz CT molecular complexity index is 473. The van der Waals surface area contributed by atoms with E-state index in [1.807, 2.05) is 23.1 Å². The van der Waals surface area contributed by atoms with Crippen molar-refractivity contribution in [1.29, 1.82) is 0 Å². The molecule has 0 heterocycles. The van der Waals surface area contributed by atoms with Crippen molar-refractivity contribution in [3.05, 3.63) is 24.3 Å². The van der Waals surface area contributed by atoms with Gasteiger partial charge in [-0.1, -0.05) is 19.9 Å². The Morgan fingerprint density at radius 2 is 1.95 bits per heavy atom. The number of rotatable bonds is 9. The van der Waals surface area contributed by atoms with E-state index in [1.165, 1.54) is 0 Å². The molecule has 0 aliphatic carbocycles. The van der Waals surface area contributed by atoms with E-state index in [1.54, 1.807) is 34.1 Å². The number of aldehydes is 2. The predicted molar refractivity (Wildman–Crippen MR) is 80.8 cm³/mol. The summed E-state index contributed by atoms with van der Waals surface area (Å²) < 4.78 is 10.8. The maximum Gasteiger partial charge on any atom is 0.138 e. The van der Waals surface area contributed by atoms with Gasteiger partial charge in [0, 0.05) is 18.0 Å². The monoisotopic (exact) mass is 293 g/mol. The molecule has 0 radical (unpaired) electrons. The van der Waals surface area contributed by atoms with Crippen LogP contribution in [0.25, 0.3) is 0 Å². The summed E-state index contributed by atoms with van der Waals surface area (Å²) in [6, 6.07) is 6.86. The summed E-state index contributed by atoms with van der Waals surface area (Å²) >= 11 is 0. The average molecular weight is 293 g/mol. The van der Waals surface area contributed by atoms with Crippen LogP contribution in [-0.2, 0) is 9.59 Å². The van der Waals surface area contributed by atoms with Crippen LogP contribution in [0.5, 0.6) is 11.5 Å². The molecule has 1 rings (SSSR count). The minimum atomic E-state index is -0.716. The van der Waals surface area contributed by atoms with Crippen LogP contribution in [0.3, 0.4) is 0 Å². The van der Waals surface area contributed by atoms with Crippen LogP contribution < -0.4 is 9.47 Å². The van der Waals surface area contributed by atoms with Crippen molar-refractivity contribution in [3.63, 3.8) is 0 Å². The second-order valence-electron chi connectivity index (χ2n) is 5.53. The van der Waals surface area contributed by atoms with Gasteiger partial charge in [-0.15, -0.1) is 0 Å². The van der Waals surface area contributed by atoms with Crippen LogP contribution in [0.1, 0.15) is 13.8 Å². The van der Waals surface area contributed by atoms with Gasteiger partial charge in [-0.3, -0.25) is 4.90 Å². The quantitative estimate of drug-likeness (QED) is 0.650. The van der Waals surface area contributed by atoms with Crippen LogP contribution in [0, 0.1) is 5.41 Å². The van der Waals surface area contributed by atoms with E-state index in [-0.39, 0.29) is 0 Å². The zero-order chi connectivity index (χ0) is 15.9. The summed E-state index contributed by atoms with van der Waals surface area (Å²) in [5.41, 5.74) is -0.716. The van der Waals surface area contributed by atoms with Gasteiger partial charge in [-0.25, -0.2) is 0 Å². The average Bonchev–Trinajstić information content (AvgIpc) is 2.48. The van der Waals surface area contributed by atoms with Crippen molar-refractivity contribution in [1.82, 2.24) is 4.90 Å². The first-order valence-corrected chi connectivity index (χ1v) is 6.83. The first kappa shape index (κ1) is 17.2. The van der Waals surface area contributed by atoms with Gasteiger partial charge in [0.15, 0.2) is 0 Å². The molecule has 0 N–H and O–H groups in total. The van der Waals surface area contributed by atoms with Gasteiger partial charge < -0.3 is 19.1 Å². The number of likely N-dealkylation sites (N-methyl/N-ethyl adjacent to an activating group) is 1. The Kier molecular flexibility index (Phi) is 6.37. The zero-order valence-electron chi connectivity index (χ0n) is 13.0. The summed E-state index contributed by atoms with van der Waals surface area (Å²) in [7, 11) is 3.41. The third kappa shape index (κ3) is 4.86. The normalized spacial score (nSPS) is 12.8. The molecule has 0 aromatic heterocycles. The number of hydrogen-bond donors (Lipinski definition) is 0. The van der Waals surface area contributed by atoms with Gasteiger partial charge in [-0.05, 0) is 19.2 Å². The van der Waals surface area contributed by atoms with Crippen molar-refractivity contribution >= 4 is 12.6 Å². The molecular formula is C16H23NO4. The summed E-state index contributed by atoms with van der Waals surface area (Å²) in [4.78, 5) is 24.1. The highest BCUT2D eigenvalue weighted by molar-refractivity contribution is 5.71. The Morgan fingerprint density at radius 3 is 2.52 bits per heavy atom. The molecule has 0 amide bonds. The molecule has 5 nitrogen and oxygen atoms in total. The number of benzene rings is 1. The Labute approximate surface area is 125 Å². The third-order valence-corrected chi connectivity index (χ3v) is 3.42. The van der Waals surface area contributed by atoms with E-state index < -0.39 is 11.5 Å². The molecule has 0 aliphatic heterocycles. The predicted octanol–water partition coefficient (Wildman–Crippen LogP) is 1.80. The smallest absolute Gasteiger partial charge is 0.138 e. The number of ether oxygens (including phenoxy) is 2. The van der Waals surface area contributed by atoms with Crippen molar-refractivity contribution in [2.75, 3.05) is 27.3 Å². The Hall–Kier alpha value is -1.88. The largest absolute Gasteiger partial charge is 0.497 e. The lowest BCUT2D eigenvalue weighted by molar-refractivity contribution is -0.125. The van der Waals surface area contributed by atoms with E-state index in [0.717, 1.165) is 18.3 Å². The molecule has 0 spiro atoms. The highest BCUT2D eigenvalue weighted by atomic mass is 16.5. The maximum atomic E-state index is 11.2. The van der Waals surface area contributed by atoms with E-state index in [2.05, 4.69) is 0 Å². The standard InChI is InChI=1S/C16H23NO4/c1-16(2,12-19)15(11-18)17(3)8-9-21-14-7-5-6-13(10-14)20-4/h5-7,10-12,15H,8-9H2,1-4H3. The maximum absolute atomic E-state index is 11.2. The first-order valence-electron chi connectivity index (χ1n) is 6.83. The van der Waals surface area contributed by atoms with Crippen molar-refractivity contribution in [2.45, 2.75) is 19.9 Å². The second-order valence-corrected chi connectivity index (χ2v) is 5.53. The molecule has 1 aromatic carbocycles. The molecule has 21 heavy (non-hydrogen) atoms. The fourth-order valence-corrected chi connectivity index (χ4v) is 2.05. The van der Waals surface area contributed by atoms with Crippen LogP contribution in [-0.4, -0.2) is 50.8 Å². The highest BCUT2D eigenvalue weighted by Crippen LogP contribution is 2.21. The number of carbonyl (C=O) groups is 2. The lowest BCUT2D eigenvalue weighted by Gasteiger charge is -2.32. The summed E-state index contributed by atoms with van der Waals surface area (Å²) in [6.07, 6.45) is 1.62. The number of carbonyl (C=O) groups excluding carboxylic acids is 2. The van der Waals surface area contributed by atoms with E-state index >= 15 is 0 Å². The lowest BCUT2D eigenvalue weighted by atomic mass is 9.86.